The first kappa shape index (κ1) is 12.6. The van der Waals surface area contributed by atoms with Crippen molar-refractivity contribution in [2.24, 2.45) is 0 Å². The zero-order valence-electron chi connectivity index (χ0n) is 10.7. The number of hydrogen-bond donors (Lipinski definition) is 0. The Morgan fingerprint density at radius 3 is 3.00 bits per heavy atom. The van der Waals surface area contributed by atoms with Gasteiger partial charge in [0.15, 0.2) is 0 Å². The number of aromatic nitrogens is 4. The van der Waals surface area contributed by atoms with E-state index >= 15 is 0 Å². The Morgan fingerprint density at radius 2 is 2.32 bits per heavy atom. The number of hydrogen-bond acceptors (Lipinski definition) is 4. The molecule has 0 radical (unpaired) electrons. The van der Waals surface area contributed by atoms with E-state index < -0.39 is 0 Å². The molecule has 3 heterocycles. The molecule has 3 aromatic heterocycles. The van der Waals surface area contributed by atoms with E-state index in [0.29, 0.717) is 0 Å². The number of halogens is 1. The normalized spacial score (nSPS) is 13.0. The molecule has 1 atom stereocenters. The summed E-state index contributed by atoms with van der Waals surface area (Å²) in [4.78, 5) is 14.2. The fourth-order valence-electron chi connectivity index (χ4n) is 2.09. The van der Waals surface area contributed by atoms with Crippen LogP contribution in [0.15, 0.2) is 24.0 Å². The molecule has 0 aliphatic rings. The maximum Gasteiger partial charge on any atom is 0.128 e. The molecule has 19 heavy (non-hydrogen) atoms. The molecule has 4 nitrogen and oxygen atoms in total. The third kappa shape index (κ3) is 2.24. The molecule has 0 saturated heterocycles. The first-order valence-corrected chi connectivity index (χ1v) is 7.31. The lowest BCUT2D eigenvalue weighted by Gasteiger charge is -2.09. The molecule has 98 valence electrons. The predicted molar refractivity (Wildman–Crippen MR) is 77.7 cm³/mol. The van der Waals surface area contributed by atoms with Crippen LogP contribution in [-0.2, 0) is 6.54 Å². The zero-order valence-corrected chi connectivity index (χ0v) is 12.2. The number of rotatable bonds is 3. The van der Waals surface area contributed by atoms with Gasteiger partial charge in [-0.25, -0.2) is 9.97 Å². The van der Waals surface area contributed by atoms with Crippen molar-refractivity contribution in [3.63, 3.8) is 0 Å². The Morgan fingerprint density at radius 1 is 1.47 bits per heavy atom. The van der Waals surface area contributed by atoms with Crippen LogP contribution in [0.4, 0.5) is 0 Å². The quantitative estimate of drug-likeness (QED) is 0.694. The van der Waals surface area contributed by atoms with Crippen LogP contribution in [0.25, 0.3) is 11.0 Å². The summed E-state index contributed by atoms with van der Waals surface area (Å²) in [6.07, 6.45) is 3.55. The summed E-state index contributed by atoms with van der Waals surface area (Å²) in [6.45, 7) is 4.71. The number of aryl methyl sites for hydroxylation is 1. The first-order chi connectivity index (χ1) is 9.16. The van der Waals surface area contributed by atoms with Gasteiger partial charge < -0.3 is 4.57 Å². The van der Waals surface area contributed by atoms with Crippen LogP contribution in [0.2, 0.25) is 0 Å². The summed E-state index contributed by atoms with van der Waals surface area (Å²) in [5.41, 5.74) is 4.88. The van der Waals surface area contributed by atoms with E-state index in [9.17, 15) is 0 Å². The van der Waals surface area contributed by atoms with Crippen molar-refractivity contribution in [2.45, 2.75) is 25.8 Å². The van der Waals surface area contributed by atoms with Gasteiger partial charge in [0.25, 0.3) is 0 Å². The number of pyridine rings is 1. The van der Waals surface area contributed by atoms with Gasteiger partial charge in [0.2, 0.25) is 0 Å². The van der Waals surface area contributed by atoms with Crippen LogP contribution in [0.5, 0.6) is 0 Å². The summed E-state index contributed by atoms with van der Waals surface area (Å²) in [5.74, 6) is 0.873. The molecule has 0 fully saturated rings. The highest BCUT2D eigenvalue weighted by Gasteiger charge is 2.16. The fourth-order valence-corrected chi connectivity index (χ4v) is 3.02. The Hall–Kier alpha value is -1.46. The van der Waals surface area contributed by atoms with Gasteiger partial charge >= 0.3 is 0 Å². The topological polar surface area (TPSA) is 43.6 Å². The largest absolute Gasteiger partial charge is 0.321 e. The fraction of sp³-hybridized carbons (Fsp3) is 0.308. The van der Waals surface area contributed by atoms with E-state index in [2.05, 4.69) is 19.5 Å². The van der Waals surface area contributed by atoms with Gasteiger partial charge in [-0.3, -0.25) is 4.98 Å². The monoisotopic (exact) mass is 292 g/mol. The van der Waals surface area contributed by atoms with Gasteiger partial charge in [-0.1, -0.05) is 0 Å². The van der Waals surface area contributed by atoms with E-state index in [4.69, 9.17) is 11.6 Å². The van der Waals surface area contributed by atoms with E-state index in [1.807, 2.05) is 25.4 Å². The average Bonchev–Trinajstić information content (AvgIpc) is 2.95. The van der Waals surface area contributed by atoms with Crippen molar-refractivity contribution in [3.05, 3.63) is 40.4 Å². The van der Waals surface area contributed by atoms with Gasteiger partial charge in [0, 0.05) is 11.1 Å². The van der Waals surface area contributed by atoms with Crippen molar-refractivity contribution in [2.75, 3.05) is 0 Å². The van der Waals surface area contributed by atoms with Crippen molar-refractivity contribution in [1.82, 2.24) is 19.5 Å². The summed E-state index contributed by atoms with van der Waals surface area (Å²) in [6, 6.07) is 1.97. The summed E-state index contributed by atoms with van der Waals surface area (Å²) < 4.78 is 2.15. The van der Waals surface area contributed by atoms with Gasteiger partial charge in [0.05, 0.1) is 34.8 Å². The summed E-state index contributed by atoms with van der Waals surface area (Å²) in [5, 5.41) is -0.138. The Kier molecular flexibility index (Phi) is 3.24. The third-order valence-electron chi connectivity index (χ3n) is 3.08. The van der Waals surface area contributed by atoms with Crippen LogP contribution in [0, 0.1) is 6.92 Å². The summed E-state index contributed by atoms with van der Waals surface area (Å²) >= 11 is 7.90. The second-order valence-corrected chi connectivity index (χ2v) is 5.99. The number of imidazole rings is 1. The van der Waals surface area contributed by atoms with Crippen molar-refractivity contribution < 1.29 is 0 Å². The lowest BCUT2D eigenvalue weighted by molar-refractivity contribution is 0.746. The summed E-state index contributed by atoms with van der Waals surface area (Å²) in [7, 11) is 0. The Bertz CT molecular complexity index is 716. The maximum absolute atomic E-state index is 6.24. The van der Waals surface area contributed by atoms with E-state index in [1.165, 1.54) is 4.88 Å². The molecule has 0 aliphatic heterocycles. The molecule has 0 bridgehead atoms. The van der Waals surface area contributed by atoms with E-state index in [1.54, 1.807) is 23.7 Å². The standard InChI is InChI=1S/C13H13ClN4S/c1-8(14)13-17-10-5-15-4-3-11(10)18(13)6-12-9(2)16-7-19-12/h3-5,7-8H,6H2,1-2H3. The highest BCUT2D eigenvalue weighted by Crippen LogP contribution is 2.26. The van der Waals surface area contributed by atoms with Crippen molar-refractivity contribution >= 4 is 34.0 Å². The molecule has 0 amide bonds. The molecular weight excluding hydrogens is 280 g/mol. The minimum Gasteiger partial charge on any atom is -0.321 e. The third-order valence-corrected chi connectivity index (χ3v) is 4.20. The molecule has 0 saturated carbocycles. The molecule has 1 unspecified atom stereocenters. The zero-order chi connectivity index (χ0) is 13.4. The molecule has 0 spiro atoms. The number of alkyl halides is 1. The SMILES string of the molecule is Cc1ncsc1Cn1c(C(C)Cl)nc2cnccc21. The number of thiazole rings is 1. The van der Waals surface area contributed by atoms with Gasteiger partial charge in [0.1, 0.15) is 11.3 Å². The second kappa shape index (κ2) is 4.90. The Balaban J connectivity index is 2.15. The smallest absolute Gasteiger partial charge is 0.128 e. The van der Waals surface area contributed by atoms with Crippen LogP contribution in [0.3, 0.4) is 0 Å². The van der Waals surface area contributed by atoms with Crippen LogP contribution < -0.4 is 0 Å². The van der Waals surface area contributed by atoms with Crippen molar-refractivity contribution in [1.29, 1.82) is 0 Å². The molecule has 3 aromatic rings. The minimum atomic E-state index is -0.138. The lowest BCUT2D eigenvalue weighted by Crippen LogP contribution is -2.05. The molecule has 0 aromatic carbocycles. The lowest BCUT2D eigenvalue weighted by atomic mass is 10.3. The molecule has 3 rings (SSSR count). The molecular formula is C13H13ClN4S. The Labute approximate surface area is 120 Å². The highest BCUT2D eigenvalue weighted by molar-refractivity contribution is 7.09. The molecule has 0 aliphatic carbocycles. The van der Waals surface area contributed by atoms with E-state index in [-0.39, 0.29) is 5.38 Å². The van der Waals surface area contributed by atoms with E-state index in [0.717, 1.165) is 29.1 Å². The van der Waals surface area contributed by atoms with Gasteiger partial charge in [-0.2, -0.15) is 0 Å². The van der Waals surface area contributed by atoms with Crippen LogP contribution in [-0.4, -0.2) is 19.5 Å². The van der Waals surface area contributed by atoms with Crippen LogP contribution in [0.1, 0.15) is 28.7 Å². The van der Waals surface area contributed by atoms with Crippen LogP contribution >= 0.6 is 22.9 Å². The number of nitrogens with zero attached hydrogens (tertiary/aromatic N) is 4. The second-order valence-electron chi connectivity index (χ2n) is 4.40. The maximum atomic E-state index is 6.24. The molecule has 6 heteroatoms. The first-order valence-electron chi connectivity index (χ1n) is 6.00. The predicted octanol–water partition coefficient (Wildman–Crippen LogP) is 3.54. The molecule has 0 N–H and O–H groups in total. The highest BCUT2D eigenvalue weighted by atomic mass is 35.5. The van der Waals surface area contributed by atoms with Gasteiger partial charge in [-0.15, -0.1) is 22.9 Å². The number of fused-ring (bicyclic) bond motifs is 1. The average molecular weight is 293 g/mol. The van der Waals surface area contributed by atoms with Crippen molar-refractivity contribution in [3.8, 4) is 0 Å². The minimum absolute atomic E-state index is 0.138. The van der Waals surface area contributed by atoms with Gasteiger partial charge in [-0.05, 0) is 19.9 Å².